The smallest absolute Gasteiger partial charge is 0.239 e. The molecular formula is C15H20ClN3O2. The summed E-state index contributed by atoms with van der Waals surface area (Å²) in [6.45, 7) is 0.762. The highest BCUT2D eigenvalue weighted by molar-refractivity contribution is 5.88. The predicted octanol–water partition coefficient (Wildman–Crippen LogP) is 0.517. The van der Waals surface area contributed by atoms with Gasteiger partial charge in [-0.1, -0.05) is 24.3 Å². The summed E-state index contributed by atoms with van der Waals surface area (Å²) in [7, 11) is 0. The van der Waals surface area contributed by atoms with Crippen molar-refractivity contribution in [1.82, 2.24) is 16.0 Å². The van der Waals surface area contributed by atoms with Gasteiger partial charge in [-0.15, -0.1) is 12.4 Å². The van der Waals surface area contributed by atoms with E-state index in [2.05, 4.69) is 28.1 Å². The van der Waals surface area contributed by atoms with Gasteiger partial charge in [0.1, 0.15) is 0 Å². The number of hydrogen-bond donors (Lipinski definition) is 3. The fourth-order valence-electron chi connectivity index (χ4n) is 2.44. The zero-order chi connectivity index (χ0) is 13.9. The number of rotatable bonds is 4. The Labute approximate surface area is 130 Å². The molecule has 1 aromatic rings. The molecule has 1 atom stereocenters. The first-order chi connectivity index (χ1) is 9.72. The molecule has 2 aliphatic rings. The van der Waals surface area contributed by atoms with E-state index in [1.807, 2.05) is 12.1 Å². The Morgan fingerprint density at radius 1 is 1.19 bits per heavy atom. The third-order valence-corrected chi connectivity index (χ3v) is 3.76. The molecule has 3 N–H and O–H groups in total. The molecule has 1 aromatic carbocycles. The van der Waals surface area contributed by atoms with Gasteiger partial charge in [-0.05, 0) is 30.4 Å². The van der Waals surface area contributed by atoms with E-state index < -0.39 is 0 Å². The van der Waals surface area contributed by atoms with Crippen LogP contribution in [-0.4, -0.2) is 30.4 Å². The summed E-state index contributed by atoms with van der Waals surface area (Å²) in [5, 5.41) is 8.76. The minimum absolute atomic E-state index is 0. The Morgan fingerprint density at radius 3 is 2.62 bits per heavy atom. The first kappa shape index (κ1) is 15.8. The topological polar surface area (TPSA) is 70.2 Å². The number of hydrogen-bond acceptors (Lipinski definition) is 3. The summed E-state index contributed by atoms with van der Waals surface area (Å²) in [6, 6.07) is 8.19. The maximum absolute atomic E-state index is 12.1. The van der Waals surface area contributed by atoms with Crippen LogP contribution in [0.25, 0.3) is 0 Å². The summed E-state index contributed by atoms with van der Waals surface area (Å²) in [4.78, 5) is 23.6. The van der Waals surface area contributed by atoms with E-state index in [9.17, 15) is 9.59 Å². The van der Waals surface area contributed by atoms with Crippen LogP contribution in [0.15, 0.2) is 24.3 Å². The summed E-state index contributed by atoms with van der Waals surface area (Å²) in [5.41, 5.74) is 2.44. The first-order valence-electron chi connectivity index (χ1n) is 7.09. The van der Waals surface area contributed by atoms with Crippen molar-refractivity contribution in [1.29, 1.82) is 0 Å². The number of carbonyl (C=O) groups excluding carboxylic acids is 2. The molecular weight excluding hydrogens is 290 g/mol. The number of carbonyl (C=O) groups is 2. The van der Waals surface area contributed by atoms with E-state index in [1.165, 1.54) is 11.1 Å². The van der Waals surface area contributed by atoms with E-state index in [4.69, 9.17) is 0 Å². The van der Waals surface area contributed by atoms with Gasteiger partial charge in [0.15, 0.2) is 0 Å². The van der Waals surface area contributed by atoms with Crippen LogP contribution >= 0.6 is 12.4 Å². The molecule has 3 rings (SSSR count). The van der Waals surface area contributed by atoms with Crippen molar-refractivity contribution in [2.45, 2.75) is 37.9 Å². The fraction of sp³-hybridized carbons (Fsp3) is 0.467. The summed E-state index contributed by atoms with van der Waals surface area (Å²) in [6.07, 6.45) is 2.79. The van der Waals surface area contributed by atoms with Gasteiger partial charge in [-0.25, -0.2) is 0 Å². The Kier molecular flexibility index (Phi) is 5.20. The number of nitrogens with one attached hydrogen (secondary N) is 3. The van der Waals surface area contributed by atoms with Crippen LogP contribution in [0.3, 0.4) is 0 Å². The number of benzene rings is 1. The van der Waals surface area contributed by atoms with Gasteiger partial charge in [0.05, 0.1) is 12.6 Å². The summed E-state index contributed by atoms with van der Waals surface area (Å²) >= 11 is 0. The Hall–Kier alpha value is -1.59. The molecule has 1 aliphatic carbocycles. The molecule has 0 radical (unpaired) electrons. The van der Waals surface area contributed by atoms with E-state index in [0.29, 0.717) is 19.0 Å². The zero-order valence-corrected chi connectivity index (χ0v) is 12.5. The van der Waals surface area contributed by atoms with Crippen LogP contribution in [0.1, 0.15) is 24.0 Å². The molecule has 1 unspecified atom stereocenters. The monoisotopic (exact) mass is 309 g/mol. The molecule has 1 saturated carbocycles. The lowest BCUT2D eigenvalue weighted by Crippen LogP contribution is -2.49. The van der Waals surface area contributed by atoms with E-state index in [-0.39, 0.29) is 36.8 Å². The summed E-state index contributed by atoms with van der Waals surface area (Å²) in [5.74, 6) is -0.206. The molecule has 1 aliphatic heterocycles. The normalized spacial score (nSPS) is 19.9. The second kappa shape index (κ2) is 6.91. The first-order valence-corrected chi connectivity index (χ1v) is 7.09. The Morgan fingerprint density at radius 2 is 1.90 bits per heavy atom. The van der Waals surface area contributed by atoms with Gasteiger partial charge in [0.2, 0.25) is 11.8 Å². The van der Waals surface area contributed by atoms with Crippen LogP contribution in [-0.2, 0) is 22.6 Å². The van der Waals surface area contributed by atoms with E-state index in [0.717, 1.165) is 12.8 Å². The molecule has 0 saturated heterocycles. The van der Waals surface area contributed by atoms with E-state index >= 15 is 0 Å². The van der Waals surface area contributed by atoms with Crippen LogP contribution in [0.4, 0.5) is 0 Å². The van der Waals surface area contributed by atoms with Crippen molar-refractivity contribution in [2.24, 2.45) is 0 Å². The number of halogens is 1. The van der Waals surface area contributed by atoms with Crippen molar-refractivity contribution in [3.8, 4) is 0 Å². The molecule has 0 spiro atoms. The third-order valence-electron chi connectivity index (χ3n) is 3.76. The van der Waals surface area contributed by atoms with Gasteiger partial charge in [0, 0.05) is 12.6 Å². The predicted molar refractivity (Wildman–Crippen MR) is 82.2 cm³/mol. The molecule has 5 nitrogen and oxygen atoms in total. The SMILES string of the molecule is Cl.O=C(CNC(=O)C1Cc2ccccc2CN1)NC1CC1. The summed E-state index contributed by atoms with van der Waals surface area (Å²) < 4.78 is 0. The molecule has 114 valence electrons. The standard InChI is InChI=1S/C15H19N3O2.ClH/c19-14(18-12-5-6-12)9-17-15(20)13-7-10-3-1-2-4-11(10)8-16-13;/h1-4,12-13,16H,5-9H2,(H,17,20)(H,18,19);1H. The minimum atomic E-state index is -0.251. The van der Waals surface area contributed by atoms with Gasteiger partial charge < -0.3 is 16.0 Å². The minimum Gasteiger partial charge on any atom is -0.352 e. The van der Waals surface area contributed by atoms with Crippen molar-refractivity contribution in [2.75, 3.05) is 6.54 Å². The lowest BCUT2D eigenvalue weighted by molar-refractivity contribution is -0.127. The van der Waals surface area contributed by atoms with Crippen LogP contribution in [0, 0.1) is 0 Å². The van der Waals surface area contributed by atoms with Crippen LogP contribution in [0.5, 0.6) is 0 Å². The second-order valence-corrected chi connectivity index (χ2v) is 5.47. The molecule has 6 heteroatoms. The van der Waals surface area contributed by atoms with Gasteiger partial charge >= 0.3 is 0 Å². The van der Waals surface area contributed by atoms with Crippen molar-refractivity contribution >= 4 is 24.2 Å². The fourth-order valence-corrected chi connectivity index (χ4v) is 2.44. The molecule has 1 fully saturated rings. The quantitative estimate of drug-likeness (QED) is 0.759. The average molecular weight is 310 g/mol. The van der Waals surface area contributed by atoms with E-state index in [1.54, 1.807) is 0 Å². The maximum Gasteiger partial charge on any atom is 0.239 e. The zero-order valence-electron chi connectivity index (χ0n) is 11.7. The Bertz CT molecular complexity index is 531. The molecule has 0 aromatic heterocycles. The second-order valence-electron chi connectivity index (χ2n) is 5.47. The van der Waals surface area contributed by atoms with Crippen LogP contribution in [0.2, 0.25) is 0 Å². The Balaban J connectivity index is 0.00000161. The molecule has 1 heterocycles. The highest BCUT2D eigenvalue weighted by Crippen LogP contribution is 2.18. The third kappa shape index (κ3) is 4.19. The highest BCUT2D eigenvalue weighted by Gasteiger charge is 2.26. The molecule has 2 amide bonds. The largest absolute Gasteiger partial charge is 0.352 e. The van der Waals surface area contributed by atoms with Gasteiger partial charge in [-0.2, -0.15) is 0 Å². The van der Waals surface area contributed by atoms with Crippen molar-refractivity contribution in [3.63, 3.8) is 0 Å². The van der Waals surface area contributed by atoms with Gasteiger partial charge in [0.25, 0.3) is 0 Å². The van der Waals surface area contributed by atoms with Crippen LogP contribution < -0.4 is 16.0 Å². The highest BCUT2D eigenvalue weighted by atomic mass is 35.5. The lowest BCUT2D eigenvalue weighted by atomic mass is 9.95. The molecule has 0 bridgehead atoms. The maximum atomic E-state index is 12.1. The van der Waals surface area contributed by atoms with Crippen molar-refractivity contribution < 1.29 is 9.59 Å². The van der Waals surface area contributed by atoms with Crippen molar-refractivity contribution in [3.05, 3.63) is 35.4 Å². The van der Waals surface area contributed by atoms with Gasteiger partial charge in [-0.3, -0.25) is 9.59 Å². The molecule has 21 heavy (non-hydrogen) atoms. The number of fused-ring (bicyclic) bond motifs is 1. The average Bonchev–Trinajstić information content (AvgIpc) is 3.28. The number of amides is 2. The lowest BCUT2D eigenvalue weighted by Gasteiger charge is -2.25.